The van der Waals surface area contributed by atoms with Crippen LogP contribution in [0, 0.1) is 0 Å². The minimum absolute atomic E-state index is 0.0274. The van der Waals surface area contributed by atoms with Gasteiger partial charge in [0.25, 0.3) is 5.91 Å². The molecule has 10 nitrogen and oxygen atoms in total. The Balaban J connectivity index is 1.16. The lowest BCUT2D eigenvalue weighted by atomic mass is 9.98. The Bertz CT molecular complexity index is 1340. The fourth-order valence-corrected chi connectivity index (χ4v) is 4.24. The minimum Gasteiger partial charge on any atom is -0.493 e. The van der Waals surface area contributed by atoms with Crippen molar-refractivity contribution >= 4 is 11.6 Å². The Kier molecular flexibility index (Phi) is 6.68. The van der Waals surface area contributed by atoms with E-state index in [2.05, 4.69) is 10.2 Å². The normalized spacial score (nSPS) is 14.2. The number of ether oxygens (including phenoxy) is 5. The van der Waals surface area contributed by atoms with E-state index in [-0.39, 0.29) is 24.6 Å². The smallest absolute Gasteiger partial charge is 0.262 e. The van der Waals surface area contributed by atoms with E-state index >= 15 is 0 Å². The number of amides is 1. The van der Waals surface area contributed by atoms with Gasteiger partial charge in [0.05, 0.1) is 20.8 Å². The van der Waals surface area contributed by atoms with E-state index in [0.29, 0.717) is 41.8 Å². The van der Waals surface area contributed by atoms with Crippen LogP contribution in [0.2, 0.25) is 0 Å². The van der Waals surface area contributed by atoms with E-state index in [1.165, 1.54) is 17.9 Å². The fourth-order valence-electron chi connectivity index (χ4n) is 4.24. The zero-order chi connectivity index (χ0) is 25.1. The maximum Gasteiger partial charge on any atom is 0.262 e. The highest BCUT2D eigenvalue weighted by Gasteiger charge is 2.21. The predicted molar refractivity (Wildman–Crippen MR) is 129 cm³/mol. The highest BCUT2D eigenvalue weighted by molar-refractivity contribution is 5.92. The molecule has 0 unspecified atom stereocenters. The maximum absolute atomic E-state index is 12.5. The lowest BCUT2D eigenvalue weighted by Crippen LogP contribution is -2.30. The largest absolute Gasteiger partial charge is 0.493 e. The van der Waals surface area contributed by atoms with E-state index in [9.17, 15) is 9.59 Å². The molecule has 1 aromatic heterocycles. The first kappa shape index (κ1) is 23.6. The van der Waals surface area contributed by atoms with Crippen molar-refractivity contribution in [3.8, 4) is 28.7 Å². The highest BCUT2D eigenvalue weighted by atomic mass is 16.7. The van der Waals surface area contributed by atoms with Crippen molar-refractivity contribution in [1.29, 1.82) is 0 Å². The van der Waals surface area contributed by atoms with Crippen molar-refractivity contribution in [1.82, 2.24) is 4.90 Å². The average Bonchev–Trinajstić information content (AvgIpc) is 3.35. The number of rotatable bonds is 8. The first-order chi connectivity index (χ1) is 17.5. The van der Waals surface area contributed by atoms with Crippen LogP contribution in [0.3, 0.4) is 0 Å². The van der Waals surface area contributed by atoms with Crippen molar-refractivity contribution in [3.05, 3.63) is 69.8 Å². The number of carbonyl (C=O) groups excluding carboxylic acids is 1. The van der Waals surface area contributed by atoms with Gasteiger partial charge in [0.1, 0.15) is 12.0 Å². The van der Waals surface area contributed by atoms with Crippen LogP contribution in [-0.2, 0) is 24.3 Å². The Hall–Kier alpha value is -4.18. The summed E-state index contributed by atoms with van der Waals surface area (Å²) < 4.78 is 32.4. The van der Waals surface area contributed by atoms with Gasteiger partial charge in [0, 0.05) is 30.9 Å². The van der Waals surface area contributed by atoms with Crippen molar-refractivity contribution in [2.24, 2.45) is 0 Å². The highest BCUT2D eigenvalue weighted by Crippen LogP contribution is 2.35. The molecule has 36 heavy (non-hydrogen) atoms. The minimum atomic E-state index is -0.420. The summed E-state index contributed by atoms with van der Waals surface area (Å²) in [7, 11) is 3.24. The standard InChI is InChI=1S/C26H26N2O8/c1-31-22-7-16-5-6-28(11-17(16)8-23(22)32-2)12-19-10-20(29)25(13-33-19)34-14-26(30)27-18-3-4-21-24(9-18)36-15-35-21/h3-4,7-10,13H,5-6,11-12,14-15H2,1-2H3,(H,27,30). The van der Waals surface area contributed by atoms with Gasteiger partial charge in [-0.15, -0.1) is 0 Å². The van der Waals surface area contributed by atoms with Gasteiger partial charge >= 0.3 is 0 Å². The molecule has 10 heteroatoms. The van der Waals surface area contributed by atoms with Gasteiger partial charge < -0.3 is 33.4 Å². The van der Waals surface area contributed by atoms with Crippen LogP contribution in [0.25, 0.3) is 0 Å². The molecule has 0 fully saturated rings. The van der Waals surface area contributed by atoms with Crippen LogP contribution in [0.4, 0.5) is 5.69 Å². The lowest BCUT2D eigenvalue weighted by molar-refractivity contribution is -0.118. The Morgan fingerprint density at radius 3 is 2.56 bits per heavy atom. The summed E-state index contributed by atoms with van der Waals surface area (Å²) in [4.78, 5) is 27.0. The molecule has 0 saturated heterocycles. The molecular weight excluding hydrogens is 468 g/mol. The van der Waals surface area contributed by atoms with Crippen LogP contribution >= 0.6 is 0 Å². The zero-order valence-corrected chi connectivity index (χ0v) is 20.0. The molecule has 0 bridgehead atoms. The number of methoxy groups -OCH3 is 2. The van der Waals surface area contributed by atoms with Crippen molar-refractivity contribution in [2.45, 2.75) is 19.5 Å². The van der Waals surface area contributed by atoms with Crippen LogP contribution in [-0.4, -0.2) is 45.0 Å². The summed E-state index contributed by atoms with van der Waals surface area (Å²) in [5, 5.41) is 2.69. The molecule has 188 valence electrons. The Morgan fingerprint density at radius 2 is 1.78 bits per heavy atom. The fraction of sp³-hybridized carbons (Fsp3) is 0.308. The summed E-state index contributed by atoms with van der Waals surface area (Å²) in [5.41, 5.74) is 2.55. The summed E-state index contributed by atoms with van der Waals surface area (Å²) >= 11 is 0. The van der Waals surface area contributed by atoms with E-state index in [1.54, 1.807) is 32.4 Å². The predicted octanol–water partition coefficient (Wildman–Crippen LogP) is 2.96. The number of fused-ring (bicyclic) bond motifs is 2. The van der Waals surface area contributed by atoms with Gasteiger partial charge in [-0.25, -0.2) is 0 Å². The number of carbonyl (C=O) groups is 1. The molecular formula is C26H26N2O8. The number of nitrogens with one attached hydrogen (secondary N) is 1. The van der Waals surface area contributed by atoms with Gasteiger partial charge in [-0.05, 0) is 41.8 Å². The molecule has 0 saturated carbocycles. The second-order valence-corrected chi connectivity index (χ2v) is 8.42. The number of hydrogen-bond acceptors (Lipinski definition) is 9. The van der Waals surface area contributed by atoms with Gasteiger partial charge in [0.15, 0.2) is 29.6 Å². The monoisotopic (exact) mass is 494 g/mol. The zero-order valence-electron chi connectivity index (χ0n) is 20.0. The maximum atomic E-state index is 12.5. The second-order valence-electron chi connectivity index (χ2n) is 8.42. The molecule has 1 amide bonds. The third-order valence-corrected chi connectivity index (χ3v) is 6.04. The summed E-state index contributed by atoms with van der Waals surface area (Å²) in [6.45, 7) is 1.78. The van der Waals surface area contributed by atoms with Crippen molar-refractivity contribution in [2.75, 3.05) is 39.5 Å². The van der Waals surface area contributed by atoms with E-state index in [1.807, 2.05) is 12.1 Å². The summed E-state index contributed by atoms with van der Waals surface area (Å²) in [5.74, 6) is 2.65. The molecule has 3 heterocycles. The summed E-state index contributed by atoms with van der Waals surface area (Å²) in [6.07, 6.45) is 2.09. The molecule has 0 aliphatic carbocycles. The van der Waals surface area contributed by atoms with Gasteiger partial charge in [-0.1, -0.05) is 0 Å². The van der Waals surface area contributed by atoms with Crippen molar-refractivity contribution in [3.63, 3.8) is 0 Å². The molecule has 0 spiro atoms. The third kappa shape index (κ3) is 5.08. The number of benzene rings is 2. The second kappa shape index (κ2) is 10.2. The van der Waals surface area contributed by atoms with E-state index in [0.717, 1.165) is 24.3 Å². The van der Waals surface area contributed by atoms with Crippen molar-refractivity contribution < 1.29 is 32.9 Å². The molecule has 1 N–H and O–H groups in total. The Morgan fingerprint density at radius 1 is 1.00 bits per heavy atom. The number of nitrogens with zero attached hydrogens (tertiary/aromatic N) is 1. The van der Waals surface area contributed by atoms with Crippen LogP contribution < -0.4 is 34.4 Å². The average molecular weight is 495 g/mol. The quantitative estimate of drug-likeness (QED) is 0.506. The first-order valence-electron chi connectivity index (χ1n) is 11.4. The van der Waals surface area contributed by atoms with Gasteiger partial charge in [0.2, 0.25) is 18.0 Å². The number of anilines is 1. The van der Waals surface area contributed by atoms with Crippen LogP contribution in [0.5, 0.6) is 28.7 Å². The molecule has 3 aromatic rings. The Labute approximate surface area is 207 Å². The van der Waals surface area contributed by atoms with E-state index in [4.69, 9.17) is 28.1 Å². The first-order valence-corrected chi connectivity index (χ1v) is 11.4. The SMILES string of the molecule is COc1cc2c(cc1OC)CN(Cc1cc(=O)c(OCC(=O)Nc3ccc4c(c3)OCO4)co1)CC2. The van der Waals surface area contributed by atoms with Crippen LogP contribution in [0.1, 0.15) is 16.9 Å². The van der Waals surface area contributed by atoms with Gasteiger partial charge in [-0.3, -0.25) is 14.5 Å². The third-order valence-electron chi connectivity index (χ3n) is 6.04. The summed E-state index contributed by atoms with van der Waals surface area (Å²) in [6, 6.07) is 10.5. The van der Waals surface area contributed by atoms with Gasteiger partial charge in [-0.2, -0.15) is 0 Å². The molecule has 5 rings (SSSR count). The van der Waals surface area contributed by atoms with Crippen LogP contribution in [0.15, 0.2) is 51.9 Å². The number of hydrogen-bond donors (Lipinski definition) is 1. The molecule has 0 atom stereocenters. The lowest BCUT2D eigenvalue weighted by Gasteiger charge is -2.29. The molecule has 2 aliphatic heterocycles. The molecule has 2 aromatic carbocycles. The molecule has 0 radical (unpaired) electrons. The molecule has 2 aliphatic rings. The van der Waals surface area contributed by atoms with E-state index < -0.39 is 5.91 Å². The topological polar surface area (TPSA) is 109 Å².